The molecule has 1 aromatic heterocycles. The minimum Gasteiger partial charge on any atom is -0.515 e. The minimum atomic E-state index is 0.682. The molecule has 0 saturated carbocycles. The molecule has 0 spiro atoms. The Balaban J connectivity index is 2.05. The van der Waals surface area contributed by atoms with Crippen LogP contribution in [0, 0.1) is 0 Å². The van der Waals surface area contributed by atoms with Gasteiger partial charge in [0.25, 0.3) is 0 Å². The van der Waals surface area contributed by atoms with Crippen LogP contribution in [0.5, 0.6) is 0 Å². The van der Waals surface area contributed by atoms with E-state index in [2.05, 4.69) is 4.99 Å². The molecule has 0 aromatic carbocycles. The highest BCUT2D eigenvalue weighted by molar-refractivity contribution is 5.73. The van der Waals surface area contributed by atoms with Gasteiger partial charge in [-0.25, -0.2) is 4.57 Å². The molecule has 0 fully saturated rings. The Morgan fingerprint density at radius 2 is 2.19 bits per heavy atom. The summed E-state index contributed by atoms with van der Waals surface area (Å²) in [6, 6.07) is 4.00. The van der Waals surface area contributed by atoms with Crippen LogP contribution in [-0.2, 0) is 7.05 Å². The molecular formula is C18H19N2O+. The number of allylic oxidation sites excluding steroid dienone is 7. The lowest BCUT2D eigenvalue weighted by Crippen LogP contribution is -2.26. The van der Waals surface area contributed by atoms with Crippen LogP contribution in [0.3, 0.4) is 0 Å². The number of hydrogen-bond acceptors (Lipinski definition) is 2. The summed E-state index contributed by atoms with van der Waals surface area (Å²) in [7, 11) is 1.98. The Labute approximate surface area is 125 Å². The van der Waals surface area contributed by atoms with Gasteiger partial charge in [-0.15, -0.1) is 0 Å². The van der Waals surface area contributed by atoms with Gasteiger partial charge in [0, 0.05) is 23.4 Å². The fraction of sp³-hybridized carbons (Fsp3) is 0.111. The van der Waals surface area contributed by atoms with E-state index in [1.165, 1.54) is 0 Å². The Kier molecular flexibility index (Phi) is 5.47. The van der Waals surface area contributed by atoms with Crippen LogP contribution in [0.2, 0.25) is 0 Å². The van der Waals surface area contributed by atoms with Gasteiger partial charge in [-0.2, -0.15) is 0 Å². The largest absolute Gasteiger partial charge is 0.515 e. The smallest absolute Gasteiger partial charge is 0.175 e. The van der Waals surface area contributed by atoms with E-state index in [0.717, 1.165) is 23.0 Å². The molecule has 0 radical (unpaired) electrons. The lowest BCUT2D eigenvalue weighted by molar-refractivity contribution is -0.671. The topological polar surface area (TPSA) is 36.5 Å². The molecule has 21 heavy (non-hydrogen) atoms. The van der Waals surface area contributed by atoms with Crippen LogP contribution < -0.4 is 4.57 Å². The monoisotopic (exact) mass is 279 g/mol. The quantitative estimate of drug-likeness (QED) is 0.513. The highest BCUT2D eigenvalue weighted by atomic mass is 16.2. The zero-order valence-electron chi connectivity index (χ0n) is 12.1. The number of rotatable bonds is 4. The van der Waals surface area contributed by atoms with Crippen molar-refractivity contribution in [3.05, 3.63) is 84.0 Å². The molecule has 1 aromatic rings. The van der Waals surface area contributed by atoms with Crippen LogP contribution in [-0.4, -0.2) is 17.9 Å². The Hall–Kier alpha value is -2.68. The maximum absolute atomic E-state index is 9.31. The molecule has 0 unspecified atom stereocenters. The fourth-order valence-electron chi connectivity index (χ4n) is 1.86. The van der Waals surface area contributed by atoms with Gasteiger partial charge in [-0.3, -0.25) is 4.99 Å². The second-order valence-corrected chi connectivity index (χ2v) is 4.68. The van der Waals surface area contributed by atoms with Crippen LogP contribution >= 0.6 is 0 Å². The van der Waals surface area contributed by atoms with Crippen LogP contribution in [0.4, 0.5) is 0 Å². The first-order valence-electron chi connectivity index (χ1n) is 6.80. The first-order chi connectivity index (χ1) is 10.3. The third-order valence-electron chi connectivity index (χ3n) is 2.96. The van der Waals surface area contributed by atoms with E-state index in [1.54, 1.807) is 6.21 Å². The van der Waals surface area contributed by atoms with Gasteiger partial charge in [0.1, 0.15) is 7.05 Å². The summed E-state index contributed by atoms with van der Waals surface area (Å²) in [5.74, 6) is 0. The van der Waals surface area contributed by atoms with Gasteiger partial charge in [0.05, 0.1) is 12.8 Å². The number of nitrogens with zero attached hydrogens (tertiary/aromatic N) is 2. The summed E-state index contributed by atoms with van der Waals surface area (Å²) in [5, 5.41) is 9.31. The Bertz CT molecular complexity index is 662. The molecule has 106 valence electrons. The molecular weight excluding hydrogens is 260 g/mol. The van der Waals surface area contributed by atoms with Crippen molar-refractivity contribution < 1.29 is 9.67 Å². The molecule has 1 N–H and O–H groups in total. The fourth-order valence-corrected chi connectivity index (χ4v) is 1.86. The summed E-state index contributed by atoms with van der Waals surface area (Å²) in [6.45, 7) is 0.682. The highest BCUT2D eigenvalue weighted by Gasteiger charge is 1.94. The summed E-state index contributed by atoms with van der Waals surface area (Å²) in [4.78, 5) is 4.15. The van der Waals surface area contributed by atoms with Crippen molar-refractivity contribution in [1.82, 2.24) is 0 Å². The summed E-state index contributed by atoms with van der Waals surface area (Å²) in [5.41, 5.74) is 2.89. The molecule has 3 nitrogen and oxygen atoms in total. The maximum Gasteiger partial charge on any atom is 0.175 e. The van der Waals surface area contributed by atoms with Crippen molar-refractivity contribution in [1.29, 1.82) is 0 Å². The first-order valence-corrected chi connectivity index (χ1v) is 6.80. The second-order valence-electron chi connectivity index (χ2n) is 4.68. The molecule has 0 saturated heterocycles. The van der Waals surface area contributed by atoms with E-state index in [-0.39, 0.29) is 0 Å². The van der Waals surface area contributed by atoms with E-state index in [1.807, 2.05) is 78.7 Å². The lowest BCUT2D eigenvalue weighted by atomic mass is 10.1. The Morgan fingerprint density at radius 3 is 3.00 bits per heavy atom. The van der Waals surface area contributed by atoms with Gasteiger partial charge in [0.2, 0.25) is 0 Å². The number of aliphatic hydroxyl groups excluding tert-OH is 1. The molecule has 0 bridgehead atoms. The van der Waals surface area contributed by atoms with Gasteiger partial charge in [-0.1, -0.05) is 30.4 Å². The van der Waals surface area contributed by atoms with Crippen LogP contribution in [0.15, 0.2) is 83.4 Å². The van der Waals surface area contributed by atoms with Crippen molar-refractivity contribution in [3.8, 4) is 0 Å². The predicted molar refractivity (Wildman–Crippen MR) is 87.1 cm³/mol. The molecule has 0 amide bonds. The number of aliphatic imine (C=N–C) groups is 1. The normalized spacial score (nSPS) is 15.7. The molecule has 2 heterocycles. The lowest BCUT2D eigenvalue weighted by Gasteiger charge is -1.95. The van der Waals surface area contributed by atoms with Crippen molar-refractivity contribution in [2.45, 2.75) is 0 Å². The zero-order valence-corrected chi connectivity index (χ0v) is 12.1. The molecule has 0 aliphatic carbocycles. The molecule has 1 aliphatic rings. The molecule has 3 heteroatoms. The van der Waals surface area contributed by atoms with E-state index < -0.39 is 0 Å². The highest BCUT2D eigenvalue weighted by Crippen LogP contribution is 2.08. The van der Waals surface area contributed by atoms with Gasteiger partial charge in [0.15, 0.2) is 12.4 Å². The second kappa shape index (κ2) is 7.80. The average Bonchev–Trinajstić information content (AvgIpc) is 2.76. The summed E-state index contributed by atoms with van der Waals surface area (Å²) < 4.78 is 1.99. The van der Waals surface area contributed by atoms with E-state index in [4.69, 9.17) is 0 Å². The SMILES string of the molecule is C[n+]1cccc(C=CC(C=CC2=CCN=CC=C2)=CO)c1. The number of aromatic nitrogens is 1. The van der Waals surface area contributed by atoms with E-state index in [9.17, 15) is 5.11 Å². The van der Waals surface area contributed by atoms with Gasteiger partial charge in [-0.05, 0) is 23.8 Å². The number of aryl methyl sites for hydroxylation is 1. The third kappa shape index (κ3) is 5.07. The van der Waals surface area contributed by atoms with Gasteiger partial charge >= 0.3 is 0 Å². The van der Waals surface area contributed by atoms with Crippen molar-refractivity contribution in [2.24, 2.45) is 12.0 Å². The molecule has 2 rings (SSSR count). The minimum absolute atomic E-state index is 0.682. The van der Waals surface area contributed by atoms with Crippen LogP contribution in [0.1, 0.15) is 5.56 Å². The van der Waals surface area contributed by atoms with Crippen molar-refractivity contribution >= 4 is 12.3 Å². The zero-order chi connectivity index (χ0) is 14.9. The third-order valence-corrected chi connectivity index (χ3v) is 2.96. The number of aliphatic hydroxyl groups is 1. The maximum atomic E-state index is 9.31. The summed E-state index contributed by atoms with van der Waals surface area (Å²) >= 11 is 0. The average molecular weight is 279 g/mol. The molecule has 0 atom stereocenters. The van der Waals surface area contributed by atoms with Gasteiger partial charge < -0.3 is 5.11 Å². The number of hydrogen-bond donors (Lipinski definition) is 1. The summed E-state index contributed by atoms with van der Waals surface area (Å²) in [6.07, 6.45) is 20.5. The van der Waals surface area contributed by atoms with E-state index >= 15 is 0 Å². The van der Waals surface area contributed by atoms with Crippen molar-refractivity contribution in [3.63, 3.8) is 0 Å². The Morgan fingerprint density at radius 1 is 1.33 bits per heavy atom. The first kappa shape index (κ1) is 14.7. The number of pyridine rings is 1. The van der Waals surface area contributed by atoms with Crippen molar-refractivity contribution in [2.75, 3.05) is 6.54 Å². The molecule has 1 aliphatic heterocycles. The van der Waals surface area contributed by atoms with Crippen LogP contribution in [0.25, 0.3) is 6.08 Å². The standard InChI is InChI=1S/C18H18N2O/c1-20-13-3-5-17(14-20)7-9-18(15-21)8-6-16-4-2-11-19-12-10-16/h2-11,13-15H,12H2,1H3/p+1. The van der Waals surface area contributed by atoms with E-state index in [0.29, 0.717) is 6.54 Å². The predicted octanol–water partition coefficient (Wildman–Crippen LogP) is 3.09.